The van der Waals surface area contributed by atoms with E-state index in [-0.39, 0.29) is 12.1 Å². The third kappa shape index (κ3) is 7.67. The third-order valence-corrected chi connectivity index (χ3v) is 3.96. The number of ether oxygens (including phenoxy) is 1. The van der Waals surface area contributed by atoms with Gasteiger partial charge in [0.05, 0.1) is 0 Å². The Morgan fingerprint density at radius 3 is 2.62 bits per heavy atom. The van der Waals surface area contributed by atoms with Crippen molar-refractivity contribution in [1.82, 2.24) is 10.6 Å². The standard InChI is InChI=1S/C16H33N3O2/c1-12(19-15(20)21-16(2,3)4)9-10-18-14-8-6-5-7-13(14)11-17/h12-14,18H,5-11,17H2,1-4H3,(H,19,20). The molecule has 0 heterocycles. The predicted octanol–water partition coefficient (Wildman–Crippen LogP) is 2.40. The number of hydrogen-bond donors (Lipinski definition) is 3. The van der Waals surface area contributed by atoms with Crippen LogP contribution in [0.15, 0.2) is 0 Å². The molecule has 1 aliphatic carbocycles. The number of amides is 1. The van der Waals surface area contributed by atoms with E-state index in [1.807, 2.05) is 27.7 Å². The molecule has 1 rings (SSSR count). The van der Waals surface area contributed by atoms with Crippen LogP contribution >= 0.6 is 0 Å². The molecule has 0 aliphatic heterocycles. The van der Waals surface area contributed by atoms with Crippen LogP contribution in [0.1, 0.15) is 59.8 Å². The lowest BCUT2D eigenvalue weighted by Crippen LogP contribution is -2.44. The maximum absolute atomic E-state index is 11.7. The monoisotopic (exact) mass is 299 g/mol. The Hall–Kier alpha value is -0.810. The maximum Gasteiger partial charge on any atom is 0.407 e. The Balaban J connectivity index is 2.20. The summed E-state index contributed by atoms with van der Waals surface area (Å²) in [6.45, 7) is 9.28. The normalized spacial score (nSPS) is 24.4. The first-order valence-electron chi connectivity index (χ1n) is 8.25. The van der Waals surface area contributed by atoms with Gasteiger partial charge >= 0.3 is 6.09 Å². The highest BCUT2D eigenvalue weighted by Crippen LogP contribution is 2.23. The van der Waals surface area contributed by atoms with E-state index in [1.165, 1.54) is 25.7 Å². The van der Waals surface area contributed by atoms with Crippen LogP contribution in [0.4, 0.5) is 4.79 Å². The lowest BCUT2D eigenvalue weighted by Gasteiger charge is -2.32. The van der Waals surface area contributed by atoms with Gasteiger partial charge in [0.15, 0.2) is 0 Å². The van der Waals surface area contributed by atoms with Gasteiger partial charge in [0.2, 0.25) is 0 Å². The highest BCUT2D eigenvalue weighted by atomic mass is 16.6. The van der Waals surface area contributed by atoms with Crippen LogP contribution in [0.5, 0.6) is 0 Å². The number of nitrogens with one attached hydrogen (secondary N) is 2. The molecule has 0 radical (unpaired) electrons. The maximum atomic E-state index is 11.7. The third-order valence-electron chi connectivity index (χ3n) is 3.96. The Morgan fingerprint density at radius 2 is 2.00 bits per heavy atom. The van der Waals surface area contributed by atoms with E-state index >= 15 is 0 Å². The van der Waals surface area contributed by atoms with Crippen LogP contribution in [0.3, 0.4) is 0 Å². The Morgan fingerprint density at radius 1 is 1.33 bits per heavy atom. The zero-order valence-electron chi connectivity index (χ0n) is 14.1. The number of rotatable bonds is 6. The van der Waals surface area contributed by atoms with Crippen molar-refractivity contribution < 1.29 is 9.53 Å². The van der Waals surface area contributed by atoms with Crippen LogP contribution in [0.25, 0.3) is 0 Å². The van der Waals surface area contributed by atoms with Crippen molar-refractivity contribution in [2.45, 2.75) is 77.5 Å². The number of carbonyl (C=O) groups is 1. The summed E-state index contributed by atoms with van der Waals surface area (Å²) in [7, 11) is 0. The van der Waals surface area contributed by atoms with Gasteiger partial charge < -0.3 is 21.1 Å². The van der Waals surface area contributed by atoms with Crippen LogP contribution in [0.2, 0.25) is 0 Å². The highest BCUT2D eigenvalue weighted by Gasteiger charge is 2.23. The van der Waals surface area contributed by atoms with Crippen molar-refractivity contribution in [2.75, 3.05) is 13.1 Å². The number of carbonyl (C=O) groups excluding carboxylic acids is 1. The van der Waals surface area contributed by atoms with E-state index in [9.17, 15) is 4.79 Å². The van der Waals surface area contributed by atoms with E-state index in [0.717, 1.165) is 19.5 Å². The summed E-state index contributed by atoms with van der Waals surface area (Å²) in [4.78, 5) is 11.7. The quantitative estimate of drug-likeness (QED) is 0.704. The average molecular weight is 299 g/mol. The van der Waals surface area contributed by atoms with E-state index < -0.39 is 5.60 Å². The zero-order valence-corrected chi connectivity index (χ0v) is 14.1. The number of alkyl carbamates (subject to hydrolysis) is 1. The van der Waals surface area contributed by atoms with Crippen LogP contribution in [-0.4, -0.2) is 36.9 Å². The number of hydrogen-bond acceptors (Lipinski definition) is 4. The molecular formula is C16H33N3O2. The van der Waals surface area contributed by atoms with Gasteiger partial charge in [-0.15, -0.1) is 0 Å². The molecular weight excluding hydrogens is 266 g/mol. The van der Waals surface area contributed by atoms with E-state index in [4.69, 9.17) is 10.5 Å². The van der Waals surface area contributed by atoms with Crippen molar-refractivity contribution >= 4 is 6.09 Å². The molecule has 3 unspecified atom stereocenters. The van der Waals surface area contributed by atoms with E-state index in [2.05, 4.69) is 10.6 Å². The van der Waals surface area contributed by atoms with Gasteiger partial charge in [0.1, 0.15) is 5.60 Å². The summed E-state index contributed by atoms with van der Waals surface area (Å²) in [5, 5.41) is 6.48. The molecule has 0 aromatic rings. The average Bonchev–Trinajstić information content (AvgIpc) is 2.36. The van der Waals surface area contributed by atoms with Crippen LogP contribution in [-0.2, 0) is 4.74 Å². The molecule has 1 fully saturated rings. The van der Waals surface area contributed by atoms with Gasteiger partial charge in [-0.25, -0.2) is 4.79 Å². The van der Waals surface area contributed by atoms with Crippen molar-refractivity contribution in [3.8, 4) is 0 Å². The van der Waals surface area contributed by atoms with Crippen molar-refractivity contribution in [1.29, 1.82) is 0 Å². The summed E-state index contributed by atoms with van der Waals surface area (Å²) in [6.07, 6.45) is 5.60. The highest BCUT2D eigenvalue weighted by molar-refractivity contribution is 5.67. The summed E-state index contributed by atoms with van der Waals surface area (Å²) in [5.74, 6) is 0.605. The lowest BCUT2D eigenvalue weighted by atomic mass is 9.84. The molecule has 1 saturated carbocycles. The van der Waals surface area contributed by atoms with Gasteiger partial charge in [0.25, 0.3) is 0 Å². The Bertz CT molecular complexity index is 315. The molecule has 0 saturated heterocycles. The summed E-state index contributed by atoms with van der Waals surface area (Å²) in [6, 6.07) is 0.643. The predicted molar refractivity (Wildman–Crippen MR) is 86.3 cm³/mol. The van der Waals surface area contributed by atoms with Gasteiger partial charge in [0, 0.05) is 12.1 Å². The molecule has 21 heavy (non-hydrogen) atoms. The second-order valence-corrected chi connectivity index (χ2v) is 7.18. The molecule has 5 nitrogen and oxygen atoms in total. The van der Waals surface area contributed by atoms with Gasteiger partial charge in [-0.3, -0.25) is 0 Å². The minimum absolute atomic E-state index is 0.104. The van der Waals surface area contributed by atoms with Crippen molar-refractivity contribution in [3.05, 3.63) is 0 Å². The molecule has 124 valence electrons. The first kappa shape index (κ1) is 18.2. The topological polar surface area (TPSA) is 76.4 Å². The molecule has 1 aliphatic rings. The fraction of sp³-hybridized carbons (Fsp3) is 0.938. The largest absolute Gasteiger partial charge is 0.444 e. The summed E-state index contributed by atoms with van der Waals surface area (Å²) < 4.78 is 5.25. The molecule has 0 aromatic carbocycles. The Labute approximate surface area is 129 Å². The molecule has 3 atom stereocenters. The summed E-state index contributed by atoms with van der Waals surface area (Å²) >= 11 is 0. The zero-order chi connectivity index (χ0) is 15.9. The second kappa shape index (κ2) is 8.59. The summed E-state index contributed by atoms with van der Waals surface area (Å²) in [5.41, 5.74) is 5.39. The molecule has 0 spiro atoms. The van der Waals surface area contributed by atoms with Gasteiger partial charge in [-0.2, -0.15) is 0 Å². The van der Waals surface area contributed by atoms with Crippen molar-refractivity contribution in [3.63, 3.8) is 0 Å². The second-order valence-electron chi connectivity index (χ2n) is 7.18. The minimum atomic E-state index is -0.446. The van der Waals surface area contributed by atoms with E-state index in [1.54, 1.807) is 0 Å². The van der Waals surface area contributed by atoms with Gasteiger partial charge in [-0.1, -0.05) is 12.8 Å². The van der Waals surface area contributed by atoms with Gasteiger partial charge in [-0.05, 0) is 66.0 Å². The lowest BCUT2D eigenvalue weighted by molar-refractivity contribution is 0.0506. The smallest absolute Gasteiger partial charge is 0.407 e. The SMILES string of the molecule is CC(CCNC1CCCCC1CN)NC(=O)OC(C)(C)C. The van der Waals surface area contributed by atoms with Crippen molar-refractivity contribution in [2.24, 2.45) is 11.7 Å². The molecule has 4 N–H and O–H groups in total. The molecule has 0 bridgehead atoms. The fourth-order valence-electron chi connectivity index (χ4n) is 2.82. The first-order chi connectivity index (χ1) is 9.81. The fourth-order valence-corrected chi connectivity index (χ4v) is 2.82. The molecule has 5 heteroatoms. The number of nitrogens with two attached hydrogens (primary N) is 1. The molecule has 1 amide bonds. The minimum Gasteiger partial charge on any atom is -0.444 e. The first-order valence-corrected chi connectivity index (χ1v) is 8.25. The van der Waals surface area contributed by atoms with Crippen LogP contribution < -0.4 is 16.4 Å². The molecule has 0 aromatic heterocycles. The van der Waals surface area contributed by atoms with E-state index in [0.29, 0.717) is 12.0 Å². The van der Waals surface area contributed by atoms with Crippen LogP contribution in [0, 0.1) is 5.92 Å². The Kier molecular flexibility index (Phi) is 7.46.